The minimum absolute atomic E-state index is 0.0324. The van der Waals surface area contributed by atoms with Crippen LogP contribution in [0.25, 0.3) is 5.69 Å². The van der Waals surface area contributed by atoms with Crippen LogP contribution in [0.1, 0.15) is 10.4 Å². The van der Waals surface area contributed by atoms with Crippen molar-refractivity contribution in [3.8, 4) is 5.69 Å². The Hall–Kier alpha value is -2.42. The van der Waals surface area contributed by atoms with Gasteiger partial charge in [0.05, 0.1) is 11.4 Å². The molecule has 0 aliphatic heterocycles. The van der Waals surface area contributed by atoms with E-state index in [1.54, 1.807) is 24.3 Å². The minimum atomic E-state index is -0.861. The molecule has 0 aliphatic carbocycles. The summed E-state index contributed by atoms with van der Waals surface area (Å²) in [5.41, 5.74) is 1.18. The molecule has 1 aromatic heterocycles. The number of hydrogen-bond donors (Lipinski definition) is 2. The third kappa shape index (κ3) is 4.56. The van der Waals surface area contributed by atoms with Gasteiger partial charge in [-0.2, -0.15) is 0 Å². The maximum absolute atomic E-state index is 12.0. The second kappa shape index (κ2) is 7.39. The first-order valence-electron chi connectivity index (χ1n) is 6.08. The lowest BCUT2D eigenvalue weighted by Gasteiger charge is -2.06. The Morgan fingerprint density at radius 3 is 2.95 bits per heavy atom. The van der Waals surface area contributed by atoms with Gasteiger partial charge in [-0.1, -0.05) is 6.07 Å². The quantitative estimate of drug-likeness (QED) is 0.703. The summed E-state index contributed by atoms with van der Waals surface area (Å²) in [5.74, 6) is -0.503. The summed E-state index contributed by atoms with van der Waals surface area (Å²) in [5, 5.41) is 22.1. The predicted octanol–water partition coefficient (Wildman–Crippen LogP) is 0.210. The van der Waals surface area contributed by atoms with E-state index < -0.39 is 5.97 Å². The van der Waals surface area contributed by atoms with Crippen LogP contribution < -0.4 is 5.32 Å². The second-order valence-corrected chi connectivity index (χ2v) is 5.11. The van der Waals surface area contributed by atoms with Gasteiger partial charge in [-0.15, -0.1) is 16.9 Å². The number of aromatic nitrogens is 4. The third-order valence-electron chi connectivity index (χ3n) is 2.48. The van der Waals surface area contributed by atoms with Crippen molar-refractivity contribution in [3.63, 3.8) is 0 Å². The summed E-state index contributed by atoms with van der Waals surface area (Å²) in [6.45, 7) is 0.409. The summed E-state index contributed by atoms with van der Waals surface area (Å²) in [6, 6.07) is 6.89. The topological polar surface area (TPSA) is 110 Å². The van der Waals surface area contributed by atoms with Crippen molar-refractivity contribution in [3.05, 3.63) is 36.2 Å². The molecule has 21 heavy (non-hydrogen) atoms. The summed E-state index contributed by atoms with van der Waals surface area (Å²) in [4.78, 5) is 22.3. The first-order valence-corrected chi connectivity index (χ1v) is 7.23. The van der Waals surface area contributed by atoms with Crippen molar-refractivity contribution in [2.24, 2.45) is 0 Å². The number of aliphatic carboxylic acids is 1. The van der Waals surface area contributed by atoms with Gasteiger partial charge in [0.1, 0.15) is 6.33 Å². The molecule has 0 spiro atoms. The maximum Gasteiger partial charge on any atom is 0.313 e. The Morgan fingerprint density at radius 2 is 2.24 bits per heavy atom. The van der Waals surface area contributed by atoms with Gasteiger partial charge < -0.3 is 10.4 Å². The van der Waals surface area contributed by atoms with Crippen LogP contribution >= 0.6 is 11.8 Å². The number of nitrogens with one attached hydrogen (secondary N) is 1. The van der Waals surface area contributed by atoms with E-state index in [9.17, 15) is 9.59 Å². The van der Waals surface area contributed by atoms with E-state index in [1.165, 1.54) is 22.8 Å². The number of carboxylic acid groups (broad SMARTS) is 1. The van der Waals surface area contributed by atoms with Gasteiger partial charge >= 0.3 is 5.97 Å². The molecular formula is C12H13N5O3S. The average Bonchev–Trinajstić information content (AvgIpc) is 3.01. The number of benzene rings is 1. The van der Waals surface area contributed by atoms with Crippen LogP contribution in [0.15, 0.2) is 30.6 Å². The highest BCUT2D eigenvalue weighted by atomic mass is 32.2. The fourth-order valence-electron chi connectivity index (χ4n) is 1.57. The fraction of sp³-hybridized carbons (Fsp3) is 0.250. The summed E-state index contributed by atoms with van der Waals surface area (Å²) in [7, 11) is 0. The number of carbonyl (C=O) groups is 2. The first-order chi connectivity index (χ1) is 10.2. The molecule has 0 unspecified atom stereocenters. The van der Waals surface area contributed by atoms with Crippen LogP contribution in [-0.2, 0) is 4.79 Å². The lowest BCUT2D eigenvalue weighted by Crippen LogP contribution is -2.26. The molecule has 2 aromatic rings. The summed E-state index contributed by atoms with van der Waals surface area (Å²) < 4.78 is 1.46. The molecule has 1 aromatic carbocycles. The van der Waals surface area contributed by atoms with E-state index >= 15 is 0 Å². The number of carbonyl (C=O) groups excluding carboxylic acids is 1. The highest BCUT2D eigenvalue weighted by Crippen LogP contribution is 2.08. The lowest BCUT2D eigenvalue weighted by molar-refractivity contribution is -0.133. The van der Waals surface area contributed by atoms with Crippen LogP contribution in [0.2, 0.25) is 0 Å². The molecule has 0 saturated heterocycles. The van der Waals surface area contributed by atoms with Crippen LogP contribution in [-0.4, -0.2) is 55.2 Å². The van der Waals surface area contributed by atoms with Gasteiger partial charge in [-0.3, -0.25) is 9.59 Å². The van der Waals surface area contributed by atoms with Crippen molar-refractivity contribution in [2.75, 3.05) is 18.1 Å². The van der Waals surface area contributed by atoms with Gasteiger partial charge in [0.2, 0.25) is 0 Å². The Balaban J connectivity index is 1.88. The first kappa shape index (κ1) is 15.0. The normalized spacial score (nSPS) is 10.3. The van der Waals surface area contributed by atoms with Crippen LogP contribution in [0.3, 0.4) is 0 Å². The monoisotopic (exact) mass is 307 g/mol. The number of carboxylic acids is 1. The van der Waals surface area contributed by atoms with E-state index in [4.69, 9.17) is 5.11 Å². The van der Waals surface area contributed by atoms with Gasteiger partial charge in [-0.25, -0.2) is 4.68 Å². The number of hydrogen-bond acceptors (Lipinski definition) is 6. The number of rotatable bonds is 7. The lowest BCUT2D eigenvalue weighted by atomic mass is 10.2. The Labute approximate surface area is 124 Å². The molecule has 0 saturated carbocycles. The molecule has 0 radical (unpaired) electrons. The standard InChI is InChI=1S/C12H13N5O3S/c18-11(19)7-21-5-4-13-12(20)9-2-1-3-10(6-9)17-8-14-15-16-17/h1-3,6,8H,4-5,7H2,(H,13,20)(H,18,19). The SMILES string of the molecule is O=C(O)CSCCNC(=O)c1cccc(-n2cnnn2)c1. The average molecular weight is 307 g/mol. The molecule has 9 heteroatoms. The molecule has 0 aliphatic rings. The smallest absolute Gasteiger partial charge is 0.313 e. The molecule has 2 rings (SSSR count). The zero-order valence-electron chi connectivity index (χ0n) is 11.0. The van der Waals surface area contributed by atoms with E-state index in [0.717, 1.165) is 0 Å². The third-order valence-corrected chi connectivity index (χ3v) is 3.42. The summed E-state index contributed by atoms with van der Waals surface area (Å²) in [6.07, 6.45) is 1.44. The van der Waals surface area contributed by atoms with Crippen LogP contribution in [0.5, 0.6) is 0 Å². The van der Waals surface area contributed by atoms with Crippen molar-refractivity contribution in [1.82, 2.24) is 25.5 Å². The molecule has 2 N–H and O–H groups in total. The highest BCUT2D eigenvalue weighted by Gasteiger charge is 2.07. The van der Waals surface area contributed by atoms with E-state index in [1.807, 2.05) is 0 Å². The molecule has 0 bridgehead atoms. The van der Waals surface area contributed by atoms with Gasteiger partial charge in [-0.05, 0) is 28.6 Å². The van der Waals surface area contributed by atoms with E-state index in [0.29, 0.717) is 23.5 Å². The zero-order chi connectivity index (χ0) is 15.1. The van der Waals surface area contributed by atoms with Crippen LogP contribution in [0, 0.1) is 0 Å². The molecule has 1 amide bonds. The second-order valence-electron chi connectivity index (χ2n) is 4.01. The Morgan fingerprint density at radius 1 is 1.38 bits per heavy atom. The van der Waals surface area contributed by atoms with E-state index in [-0.39, 0.29) is 11.7 Å². The number of thioether (sulfide) groups is 1. The highest BCUT2D eigenvalue weighted by molar-refractivity contribution is 7.99. The maximum atomic E-state index is 12.0. The van der Waals surface area contributed by atoms with Crippen molar-refractivity contribution >= 4 is 23.6 Å². The predicted molar refractivity (Wildman–Crippen MR) is 76.4 cm³/mol. The molecule has 0 fully saturated rings. The van der Waals surface area contributed by atoms with Gasteiger partial charge in [0.25, 0.3) is 5.91 Å². The van der Waals surface area contributed by atoms with Crippen molar-refractivity contribution in [2.45, 2.75) is 0 Å². The molecular weight excluding hydrogens is 294 g/mol. The van der Waals surface area contributed by atoms with Gasteiger partial charge in [0, 0.05) is 17.9 Å². The fourth-order valence-corrected chi connectivity index (χ4v) is 2.13. The Kier molecular flexibility index (Phi) is 5.27. The Bertz CT molecular complexity index is 617. The van der Waals surface area contributed by atoms with Gasteiger partial charge in [0.15, 0.2) is 0 Å². The molecule has 0 atom stereocenters. The van der Waals surface area contributed by atoms with Crippen molar-refractivity contribution < 1.29 is 14.7 Å². The van der Waals surface area contributed by atoms with Crippen LogP contribution in [0.4, 0.5) is 0 Å². The molecule has 1 heterocycles. The minimum Gasteiger partial charge on any atom is -0.481 e. The van der Waals surface area contributed by atoms with E-state index in [2.05, 4.69) is 20.8 Å². The summed E-state index contributed by atoms with van der Waals surface area (Å²) >= 11 is 1.25. The zero-order valence-corrected chi connectivity index (χ0v) is 11.8. The largest absolute Gasteiger partial charge is 0.481 e. The number of nitrogens with zero attached hydrogens (tertiary/aromatic N) is 4. The number of tetrazole rings is 1. The number of amides is 1. The van der Waals surface area contributed by atoms with Crippen molar-refractivity contribution in [1.29, 1.82) is 0 Å². The molecule has 8 nitrogen and oxygen atoms in total. The molecule has 110 valence electrons.